The average Bonchev–Trinajstić information content (AvgIpc) is 2.59. The van der Waals surface area contributed by atoms with Crippen LogP contribution in [0.25, 0.3) is 0 Å². The van der Waals surface area contributed by atoms with E-state index in [1.54, 1.807) is 13.0 Å². The smallest absolute Gasteiger partial charge is 0.252 e. The number of hydrogen-bond donors (Lipinski definition) is 2. The molecule has 2 aromatic rings. The molecule has 0 atom stereocenters. The van der Waals surface area contributed by atoms with Gasteiger partial charge in [0.2, 0.25) is 0 Å². The van der Waals surface area contributed by atoms with E-state index in [1.165, 1.54) is 5.56 Å². The van der Waals surface area contributed by atoms with Crippen LogP contribution in [0.15, 0.2) is 35.1 Å². The van der Waals surface area contributed by atoms with Gasteiger partial charge in [0.05, 0.1) is 0 Å². The van der Waals surface area contributed by atoms with E-state index in [2.05, 4.69) is 32.3 Å². The van der Waals surface area contributed by atoms with Gasteiger partial charge in [-0.15, -0.1) is 0 Å². The van der Waals surface area contributed by atoms with Crippen molar-refractivity contribution in [1.29, 1.82) is 0 Å². The molecule has 1 aromatic carbocycles. The van der Waals surface area contributed by atoms with Crippen LogP contribution in [0.5, 0.6) is 0 Å². The third-order valence-corrected chi connectivity index (χ3v) is 3.23. The van der Waals surface area contributed by atoms with Crippen LogP contribution in [-0.4, -0.2) is 23.1 Å². The predicted octanol–water partition coefficient (Wildman–Crippen LogP) is 1.32. The van der Waals surface area contributed by atoms with E-state index in [0.29, 0.717) is 11.6 Å². The lowest BCUT2D eigenvalue weighted by atomic mass is 10.1. The highest BCUT2D eigenvalue weighted by Crippen LogP contribution is 2.27. The number of fused-ring (bicyclic) bond motifs is 1. The molecule has 0 saturated heterocycles. The summed E-state index contributed by atoms with van der Waals surface area (Å²) < 4.78 is 0. The molecule has 0 radical (unpaired) electrons. The molecule has 1 aliphatic heterocycles. The number of aromatic amines is 1. The molecule has 0 saturated carbocycles. The maximum atomic E-state index is 11.6. The van der Waals surface area contributed by atoms with E-state index in [1.807, 2.05) is 12.1 Å². The minimum Gasteiger partial charge on any atom is -0.325 e. The van der Waals surface area contributed by atoms with Crippen LogP contribution in [0.1, 0.15) is 11.4 Å². The molecule has 0 amide bonds. The van der Waals surface area contributed by atoms with Gasteiger partial charge in [0.25, 0.3) is 5.56 Å². The van der Waals surface area contributed by atoms with Gasteiger partial charge in [-0.05, 0) is 18.6 Å². The zero-order chi connectivity index (χ0) is 13.2. The van der Waals surface area contributed by atoms with Crippen molar-refractivity contribution >= 4 is 11.5 Å². The normalized spacial score (nSPS) is 14.9. The number of nitrogens with one attached hydrogen (secondary N) is 2. The average molecular weight is 256 g/mol. The Morgan fingerprint density at radius 3 is 3.00 bits per heavy atom. The first-order valence-corrected chi connectivity index (χ1v) is 6.38. The Bertz CT molecular complexity index is 650. The largest absolute Gasteiger partial charge is 0.325 e. The van der Waals surface area contributed by atoms with Crippen LogP contribution in [0.4, 0.5) is 11.5 Å². The SMILES string of the molecule is Cc1nc(N2CCNCc3ccccc32)cc(=O)[nH]1. The van der Waals surface area contributed by atoms with E-state index >= 15 is 0 Å². The molecule has 0 fully saturated rings. The van der Waals surface area contributed by atoms with E-state index in [9.17, 15) is 4.79 Å². The van der Waals surface area contributed by atoms with Crippen LogP contribution in [0, 0.1) is 6.92 Å². The highest BCUT2D eigenvalue weighted by molar-refractivity contribution is 5.64. The minimum atomic E-state index is -0.114. The standard InChI is InChI=1S/C14H16N4O/c1-10-16-13(8-14(19)17-10)18-7-6-15-9-11-4-2-3-5-12(11)18/h2-5,8,15H,6-7,9H2,1H3,(H,16,17,19). The van der Waals surface area contributed by atoms with Crippen molar-refractivity contribution in [3.8, 4) is 0 Å². The van der Waals surface area contributed by atoms with Crippen molar-refractivity contribution in [3.05, 3.63) is 52.1 Å². The first kappa shape index (κ1) is 11.9. The van der Waals surface area contributed by atoms with Crippen molar-refractivity contribution in [1.82, 2.24) is 15.3 Å². The number of hydrogen-bond acceptors (Lipinski definition) is 4. The molecule has 19 heavy (non-hydrogen) atoms. The van der Waals surface area contributed by atoms with Crippen LogP contribution < -0.4 is 15.8 Å². The molecule has 0 bridgehead atoms. The molecule has 98 valence electrons. The molecule has 1 aromatic heterocycles. The van der Waals surface area contributed by atoms with Crippen molar-refractivity contribution in [2.24, 2.45) is 0 Å². The van der Waals surface area contributed by atoms with Gasteiger partial charge < -0.3 is 15.2 Å². The Morgan fingerprint density at radius 1 is 1.32 bits per heavy atom. The van der Waals surface area contributed by atoms with Crippen LogP contribution >= 0.6 is 0 Å². The number of nitrogens with zero attached hydrogens (tertiary/aromatic N) is 2. The topological polar surface area (TPSA) is 61.0 Å². The fraction of sp³-hybridized carbons (Fsp3) is 0.286. The highest BCUT2D eigenvalue weighted by Gasteiger charge is 2.17. The summed E-state index contributed by atoms with van der Waals surface area (Å²) in [6.07, 6.45) is 0. The van der Waals surface area contributed by atoms with Crippen LogP contribution in [0.3, 0.4) is 0 Å². The van der Waals surface area contributed by atoms with Gasteiger partial charge in [0.15, 0.2) is 0 Å². The molecule has 0 spiro atoms. The Kier molecular flexibility index (Phi) is 3.05. The van der Waals surface area contributed by atoms with E-state index in [0.717, 1.165) is 25.3 Å². The summed E-state index contributed by atoms with van der Waals surface area (Å²) in [7, 11) is 0. The van der Waals surface area contributed by atoms with Crippen LogP contribution in [0.2, 0.25) is 0 Å². The molecule has 3 rings (SSSR count). The van der Waals surface area contributed by atoms with Crippen LogP contribution in [-0.2, 0) is 6.54 Å². The van der Waals surface area contributed by atoms with Gasteiger partial charge in [-0.1, -0.05) is 18.2 Å². The summed E-state index contributed by atoms with van der Waals surface area (Å²) in [6, 6.07) is 9.76. The first-order chi connectivity index (χ1) is 9.24. The number of anilines is 2. The molecule has 5 heteroatoms. The molecule has 0 unspecified atom stereocenters. The summed E-state index contributed by atoms with van der Waals surface area (Å²) in [5.41, 5.74) is 2.22. The summed E-state index contributed by atoms with van der Waals surface area (Å²) in [5.74, 6) is 1.34. The minimum absolute atomic E-state index is 0.114. The molecule has 5 nitrogen and oxygen atoms in total. The van der Waals surface area contributed by atoms with Gasteiger partial charge in [0.1, 0.15) is 11.6 Å². The third-order valence-electron chi connectivity index (χ3n) is 3.23. The van der Waals surface area contributed by atoms with Gasteiger partial charge in [0, 0.05) is 31.4 Å². The summed E-state index contributed by atoms with van der Waals surface area (Å²) in [5, 5.41) is 3.38. The van der Waals surface area contributed by atoms with Gasteiger partial charge in [-0.3, -0.25) is 4.79 Å². The number of aryl methyl sites for hydroxylation is 1. The van der Waals surface area contributed by atoms with Gasteiger partial charge in [-0.2, -0.15) is 0 Å². The fourth-order valence-corrected chi connectivity index (χ4v) is 2.40. The number of rotatable bonds is 1. The summed E-state index contributed by atoms with van der Waals surface area (Å²) in [4.78, 5) is 20.8. The molecular weight excluding hydrogens is 240 g/mol. The van der Waals surface area contributed by atoms with E-state index < -0.39 is 0 Å². The number of H-pyrrole nitrogens is 1. The molecule has 0 aliphatic carbocycles. The number of para-hydroxylation sites is 1. The number of benzene rings is 1. The summed E-state index contributed by atoms with van der Waals surface area (Å²) in [6.45, 7) is 4.30. The fourth-order valence-electron chi connectivity index (χ4n) is 2.40. The van der Waals surface area contributed by atoms with Crippen molar-refractivity contribution in [3.63, 3.8) is 0 Å². The van der Waals surface area contributed by atoms with Crippen molar-refractivity contribution < 1.29 is 0 Å². The molecule has 2 N–H and O–H groups in total. The quantitative estimate of drug-likeness (QED) is 0.808. The Labute approximate surface area is 111 Å². The lowest BCUT2D eigenvalue weighted by molar-refractivity contribution is 0.710. The lowest BCUT2D eigenvalue weighted by Crippen LogP contribution is -2.26. The second-order valence-electron chi connectivity index (χ2n) is 4.65. The maximum Gasteiger partial charge on any atom is 0.252 e. The molecule has 2 heterocycles. The van der Waals surface area contributed by atoms with Crippen molar-refractivity contribution in [2.75, 3.05) is 18.0 Å². The Hall–Kier alpha value is -2.14. The second-order valence-corrected chi connectivity index (χ2v) is 4.65. The predicted molar refractivity (Wildman–Crippen MR) is 74.7 cm³/mol. The Morgan fingerprint density at radius 2 is 2.16 bits per heavy atom. The third kappa shape index (κ3) is 2.37. The van der Waals surface area contributed by atoms with E-state index in [4.69, 9.17) is 0 Å². The first-order valence-electron chi connectivity index (χ1n) is 6.38. The van der Waals surface area contributed by atoms with E-state index in [-0.39, 0.29) is 5.56 Å². The Balaban J connectivity index is 2.11. The lowest BCUT2D eigenvalue weighted by Gasteiger charge is -2.23. The van der Waals surface area contributed by atoms with Gasteiger partial charge >= 0.3 is 0 Å². The molecule has 1 aliphatic rings. The number of aromatic nitrogens is 2. The zero-order valence-corrected chi connectivity index (χ0v) is 10.8. The second kappa shape index (κ2) is 4.85. The highest BCUT2D eigenvalue weighted by atomic mass is 16.1. The monoisotopic (exact) mass is 256 g/mol. The maximum absolute atomic E-state index is 11.6. The molecular formula is C14H16N4O. The van der Waals surface area contributed by atoms with Gasteiger partial charge in [-0.25, -0.2) is 4.98 Å². The van der Waals surface area contributed by atoms with Crippen molar-refractivity contribution in [2.45, 2.75) is 13.5 Å². The zero-order valence-electron chi connectivity index (χ0n) is 10.8. The summed E-state index contributed by atoms with van der Waals surface area (Å²) >= 11 is 0.